The Morgan fingerprint density at radius 2 is 1.97 bits per heavy atom. The number of anilines is 1. The number of halogens is 2. The molecule has 0 spiro atoms. The number of nitrogens with one attached hydrogen (secondary N) is 1. The Morgan fingerprint density at radius 1 is 1.30 bits per heavy atom. The second-order valence-electron chi connectivity index (χ2n) is 8.27. The van der Waals surface area contributed by atoms with Gasteiger partial charge in [0.25, 0.3) is 11.8 Å². The molecular formula is C24H30F2N6O. The van der Waals surface area contributed by atoms with Crippen molar-refractivity contribution >= 4 is 23.6 Å². The van der Waals surface area contributed by atoms with Crippen LogP contribution < -0.4 is 11.1 Å². The van der Waals surface area contributed by atoms with Crippen LogP contribution in [0, 0.1) is 5.92 Å². The van der Waals surface area contributed by atoms with Crippen LogP contribution in [0.4, 0.5) is 14.7 Å². The number of hydrogen-bond donors (Lipinski definition) is 2. The predicted molar refractivity (Wildman–Crippen MR) is 126 cm³/mol. The summed E-state index contributed by atoms with van der Waals surface area (Å²) in [5.74, 6) is -3.73. The molecule has 1 amide bonds. The van der Waals surface area contributed by atoms with Gasteiger partial charge < -0.3 is 16.0 Å². The average molecular weight is 457 g/mol. The molecular weight excluding hydrogens is 426 g/mol. The van der Waals surface area contributed by atoms with E-state index < -0.39 is 30.3 Å². The minimum absolute atomic E-state index is 0.120. The molecule has 0 saturated carbocycles. The molecule has 1 saturated heterocycles. The Bertz CT molecular complexity index is 1010. The average Bonchev–Trinajstić information content (AvgIpc) is 2.81. The molecule has 1 aromatic heterocycles. The molecule has 3 rings (SSSR count). The molecule has 0 bridgehead atoms. The summed E-state index contributed by atoms with van der Waals surface area (Å²) in [5, 5.41) is 3.09. The molecule has 2 aromatic rings. The van der Waals surface area contributed by atoms with Crippen LogP contribution in [0.25, 0.3) is 5.57 Å². The third-order valence-electron chi connectivity index (χ3n) is 5.79. The Kier molecular flexibility index (Phi) is 7.73. The first kappa shape index (κ1) is 24.3. The van der Waals surface area contributed by atoms with Gasteiger partial charge in [0, 0.05) is 44.2 Å². The van der Waals surface area contributed by atoms with Gasteiger partial charge in [0.2, 0.25) is 5.95 Å². The molecule has 2 unspecified atom stereocenters. The van der Waals surface area contributed by atoms with Gasteiger partial charge >= 0.3 is 0 Å². The van der Waals surface area contributed by atoms with E-state index in [0.717, 1.165) is 12.0 Å². The minimum atomic E-state index is -3.00. The Labute approximate surface area is 192 Å². The van der Waals surface area contributed by atoms with E-state index in [1.165, 1.54) is 11.1 Å². The van der Waals surface area contributed by atoms with Crippen LogP contribution in [0.3, 0.4) is 0 Å². The van der Waals surface area contributed by atoms with Crippen molar-refractivity contribution in [3.63, 3.8) is 0 Å². The Morgan fingerprint density at radius 3 is 2.58 bits per heavy atom. The Hall–Kier alpha value is -3.36. The third-order valence-corrected chi connectivity index (χ3v) is 5.79. The van der Waals surface area contributed by atoms with E-state index in [1.54, 1.807) is 38.5 Å². The van der Waals surface area contributed by atoms with Gasteiger partial charge in [0.1, 0.15) is 5.70 Å². The topological polar surface area (TPSA) is 96.5 Å². The number of nitrogens with zero attached hydrogens (tertiary/aromatic N) is 4. The van der Waals surface area contributed by atoms with Crippen LogP contribution in [0.2, 0.25) is 0 Å². The van der Waals surface area contributed by atoms with Crippen molar-refractivity contribution in [1.82, 2.24) is 14.9 Å². The second kappa shape index (κ2) is 10.5. The zero-order valence-corrected chi connectivity index (χ0v) is 19.1. The Balaban J connectivity index is 1.89. The van der Waals surface area contributed by atoms with E-state index in [0.29, 0.717) is 17.1 Å². The maximum atomic E-state index is 14.5. The fourth-order valence-corrected chi connectivity index (χ4v) is 4.02. The highest BCUT2D eigenvalue weighted by molar-refractivity contribution is 6.18. The number of hydrogen-bond acceptors (Lipinski definition) is 6. The molecule has 1 fully saturated rings. The summed E-state index contributed by atoms with van der Waals surface area (Å²) >= 11 is 0. The maximum Gasteiger partial charge on any atom is 0.270 e. The van der Waals surface area contributed by atoms with Crippen molar-refractivity contribution in [1.29, 1.82) is 0 Å². The fraction of sp³-hybridized carbons (Fsp3) is 0.417. The summed E-state index contributed by atoms with van der Waals surface area (Å²) in [7, 11) is 1.56. The van der Waals surface area contributed by atoms with Gasteiger partial charge in [0.05, 0.1) is 12.6 Å². The number of carbonyl (C=O) groups excluding carboxylic acids is 1. The number of aromatic nitrogens is 2. The first-order valence-corrected chi connectivity index (χ1v) is 11.0. The first-order valence-electron chi connectivity index (χ1n) is 11.0. The molecule has 1 aromatic carbocycles. The molecule has 2 atom stereocenters. The molecule has 33 heavy (non-hydrogen) atoms. The predicted octanol–water partition coefficient (Wildman–Crippen LogP) is 3.39. The van der Waals surface area contributed by atoms with Gasteiger partial charge in [-0.05, 0) is 23.5 Å². The highest BCUT2D eigenvalue weighted by atomic mass is 19.3. The summed E-state index contributed by atoms with van der Waals surface area (Å²) in [5.41, 5.74) is 8.21. The number of benzene rings is 1. The highest BCUT2D eigenvalue weighted by Gasteiger charge is 2.46. The zero-order valence-electron chi connectivity index (χ0n) is 19.1. The van der Waals surface area contributed by atoms with E-state index in [-0.39, 0.29) is 18.7 Å². The smallest absolute Gasteiger partial charge is 0.270 e. The maximum absolute atomic E-state index is 14.5. The largest absolute Gasteiger partial charge is 0.394 e. The van der Waals surface area contributed by atoms with Gasteiger partial charge in [-0.25, -0.2) is 18.7 Å². The van der Waals surface area contributed by atoms with Crippen LogP contribution in [-0.4, -0.2) is 59.1 Å². The normalized spacial score (nSPS) is 21.1. The fourth-order valence-electron chi connectivity index (χ4n) is 4.02. The van der Waals surface area contributed by atoms with Gasteiger partial charge in [-0.3, -0.25) is 9.79 Å². The number of piperidine rings is 1. The lowest BCUT2D eigenvalue weighted by molar-refractivity contribution is -0.148. The number of aliphatic imine (C=N–C) groups is 1. The summed E-state index contributed by atoms with van der Waals surface area (Å²) < 4.78 is 29.0. The monoisotopic (exact) mass is 456 g/mol. The lowest BCUT2D eigenvalue weighted by atomic mass is 9.88. The van der Waals surface area contributed by atoms with Crippen molar-refractivity contribution in [2.24, 2.45) is 16.6 Å². The molecule has 0 radical (unpaired) electrons. The number of rotatable bonds is 7. The van der Waals surface area contributed by atoms with E-state index in [1.807, 2.05) is 25.1 Å². The van der Waals surface area contributed by atoms with E-state index in [9.17, 15) is 13.6 Å². The van der Waals surface area contributed by atoms with Crippen molar-refractivity contribution in [3.8, 4) is 0 Å². The lowest BCUT2D eigenvalue weighted by Gasteiger charge is -2.43. The van der Waals surface area contributed by atoms with Gasteiger partial charge in [-0.1, -0.05) is 44.2 Å². The molecule has 7 nitrogen and oxygen atoms in total. The third kappa shape index (κ3) is 5.91. The summed E-state index contributed by atoms with van der Waals surface area (Å²) in [6.45, 7) is 3.24. The molecule has 0 aliphatic carbocycles. The number of amides is 1. The zero-order chi connectivity index (χ0) is 24.0. The molecule has 1 aliphatic rings. The number of allylic oxidation sites excluding steroid dienone is 1. The van der Waals surface area contributed by atoms with Crippen molar-refractivity contribution in [2.75, 3.05) is 25.5 Å². The molecule has 3 N–H and O–H groups in total. The van der Waals surface area contributed by atoms with E-state index >= 15 is 0 Å². The number of alkyl halides is 2. The lowest BCUT2D eigenvalue weighted by Crippen LogP contribution is -2.58. The number of nitrogens with two attached hydrogens (primary N) is 1. The van der Waals surface area contributed by atoms with E-state index in [4.69, 9.17) is 5.73 Å². The standard InChI is InChI=1S/C24H30F2N6O/c1-4-17-11-29-23(30-12-17)31-14-20-16(2)10-24(25,26)15-32(20)22(33)21(27)19(13-28-3)18-8-6-5-7-9-18/h5-9,11-13,16,20H,4,10,14-15,27H2,1-3H3,(H,29,30,31). The van der Waals surface area contributed by atoms with Gasteiger partial charge in [-0.15, -0.1) is 0 Å². The number of aryl methyl sites for hydroxylation is 1. The number of carbonyl (C=O) groups is 1. The molecule has 9 heteroatoms. The van der Waals surface area contributed by atoms with E-state index in [2.05, 4.69) is 20.3 Å². The second-order valence-corrected chi connectivity index (χ2v) is 8.27. The first-order chi connectivity index (χ1) is 15.8. The van der Waals surface area contributed by atoms with Crippen LogP contribution in [0.5, 0.6) is 0 Å². The van der Waals surface area contributed by atoms with Crippen molar-refractivity contribution in [3.05, 3.63) is 59.5 Å². The van der Waals surface area contributed by atoms with Gasteiger partial charge in [-0.2, -0.15) is 0 Å². The highest BCUT2D eigenvalue weighted by Crippen LogP contribution is 2.35. The van der Waals surface area contributed by atoms with Gasteiger partial charge in [0.15, 0.2) is 0 Å². The quantitative estimate of drug-likeness (QED) is 0.492. The molecule has 2 heterocycles. The van der Waals surface area contributed by atoms with Crippen LogP contribution >= 0.6 is 0 Å². The van der Waals surface area contributed by atoms with Crippen molar-refractivity contribution in [2.45, 2.75) is 38.7 Å². The SMILES string of the molecule is CCc1cnc(NCC2C(C)CC(F)(F)CN2C(=O)C(N)=C(C=NC)c2ccccc2)nc1. The van der Waals surface area contributed by atoms with Crippen LogP contribution in [0.15, 0.2) is 53.4 Å². The molecule has 1 aliphatic heterocycles. The number of likely N-dealkylation sites (tertiary alicyclic amines) is 1. The summed E-state index contributed by atoms with van der Waals surface area (Å²) in [6.07, 6.45) is 5.41. The summed E-state index contributed by atoms with van der Waals surface area (Å²) in [4.78, 5) is 27.1. The minimum Gasteiger partial charge on any atom is -0.394 e. The van der Waals surface area contributed by atoms with Crippen LogP contribution in [0.1, 0.15) is 31.4 Å². The van der Waals surface area contributed by atoms with Crippen LogP contribution in [-0.2, 0) is 11.2 Å². The van der Waals surface area contributed by atoms with Crippen molar-refractivity contribution < 1.29 is 13.6 Å². The summed E-state index contributed by atoms with van der Waals surface area (Å²) in [6, 6.07) is 8.53. The molecule has 176 valence electrons.